The van der Waals surface area contributed by atoms with Gasteiger partial charge in [0, 0.05) is 10.5 Å². The van der Waals surface area contributed by atoms with E-state index in [9.17, 15) is 23.3 Å². The molecule has 3 nitrogen and oxygen atoms in total. The van der Waals surface area contributed by atoms with Crippen molar-refractivity contribution in [2.45, 2.75) is 6.18 Å². The summed E-state index contributed by atoms with van der Waals surface area (Å²) in [4.78, 5) is 9.50. The summed E-state index contributed by atoms with van der Waals surface area (Å²) < 4.78 is 36.5. The summed E-state index contributed by atoms with van der Waals surface area (Å²) in [6, 6.07) is 1.24. The second-order valence-corrected chi connectivity index (χ2v) is 3.80. The highest BCUT2D eigenvalue weighted by atomic mass is 79.9. The summed E-state index contributed by atoms with van der Waals surface area (Å²) in [5.74, 6) is 0. The molecule has 0 aromatic heterocycles. The van der Waals surface area contributed by atoms with Crippen LogP contribution in [0.25, 0.3) is 0 Å². The smallest absolute Gasteiger partial charge is 0.258 e. The van der Waals surface area contributed by atoms with Gasteiger partial charge in [-0.05, 0) is 22.0 Å². The van der Waals surface area contributed by atoms with E-state index in [1.165, 1.54) is 0 Å². The molecule has 1 rings (SSSR count). The lowest BCUT2D eigenvalue weighted by Crippen LogP contribution is -2.06. The highest BCUT2D eigenvalue weighted by Gasteiger charge is 2.35. The number of halogens is 5. The van der Waals surface area contributed by atoms with Crippen molar-refractivity contribution in [2.75, 3.05) is 0 Å². The fourth-order valence-electron chi connectivity index (χ4n) is 0.893. The van der Waals surface area contributed by atoms with Crippen molar-refractivity contribution < 1.29 is 18.1 Å². The molecule has 0 atom stereocenters. The highest BCUT2D eigenvalue weighted by Crippen LogP contribution is 2.39. The maximum absolute atomic E-state index is 12.3. The number of rotatable bonds is 1. The summed E-state index contributed by atoms with van der Waals surface area (Å²) in [5.41, 5.74) is -1.62. The molecule has 82 valence electrons. The van der Waals surface area contributed by atoms with Crippen LogP contribution in [0.5, 0.6) is 0 Å². The molecule has 0 radical (unpaired) electrons. The molecule has 0 spiro atoms. The first-order valence-corrected chi connectivity index (χ1v) is 4.61. The Morgan fingerprint density at radius 2 is 1.93 bits per heavy atom. The first-order valence-electron chi connectivity index (χ1n) is 3.44. The van der Waals surface area contributed by atoms with Gasteiger partial charge in [-0.3, -0.25) is 10.1 Å². The van der Waals surface area contributed by atoms with Crippen LogP contribution in [0.15, 0.2) is 16.6 Å². The molecule has 0 bridgehead atoms. The third-order valence-corrected chi connectivity index (χ3v) is 2.50. The molecule has 8 heteroatoms. The minimum atomic E-state index is -4.60. The Balaban J connectivity index is 3.39. The predicted molar refractivity (Wildman–Crippen MR) is 50.8 cm³/mol. The van der Waals surface area contributed by atoms with Crippen molar-refractivity contribution in [3.8, 4) is 0 Å². The van der Waals surface area contributed by atoms with Crippen LogP contribution in [-0.2, 0) is 6.18 Å². The average Bonchev–Trinajstić information content (AvgIpc) is 2.06. The zero-order valence-corrected chi connectivity index (χ0v) is 9.15. The summed E-state index contributed by atoms with van der Waals surface area (Å²) in [6.45, 7) is 0. The molecule has 0 amide bonds. The number of hydrogen-bond acceptors (Lipinski definition) is 2. The largest absolute Gasteiger partial charge is 0.417 e. The van der Waals surface area contributed by atoms with Crippen LogP contribution in [0.2, 0.25) is 5.02 Å². The standard InChI is InChI=1S/C7H2BrClF3NO2/c8-4-2-6(13(14)15)5(9)1-3(4)7(10,11)12/h1-2H. The molecule has 0 saturated carbocycles. The van der Waals surface area contributed by atoms with E-state index in [0.29, 0.717) is 6.07 Å². The zero-order chi connectivity index (χ0) is 11.8. The minimum absolute atomic E-state index is 0.411. The van der Waals surface area contributed by atoms with Crippen LogP contribution in [0.1, 0.15) is 5.56 Å². The van der Waals surface area contributed by atoms with Crippen molar-refractivity contribution in [1.29, 1.82) is 0 Å². The maximum atomic E-state index is 12.3. The van der Waals surface area contributed by atoms with Gasteiger partial charge in [0.25, 0.3) is 5.69 Å². The molecule has 0 unspecified atom stereocenters. The fourth-order valence-corrected chi connectivity index (χ4v) is 1.68. The van der Waals surface area contributed by atoms with E-state index in [1.54, 1.807) is 0 Å². The van der Waals surface area contributed by atoms with Gasteiger partial charge in [0.2, 0.25) is 0 Å². The molecular weight excluding hydrogens is 302 g/mol. The molecule has 0 saturated heterocycles. The van der Waals surface area contributed by atoms with E-state index < -0.39 is 31.8 Å². The average molecular weight is 304 g/mol. The molecule has 0 aliphatic carbocycles. The van der Waals surface area contributed by atoms with Gasteiger partial charge < -0.3 is 0 Å². The number of nitro benzene ring substituents is 1. The van der Waals surface area contributed by atoms with Gasteiger partial charge in [0.1, 0.15) is 5.02 Å². The van der Waals surface area contributed by atoms with Gasteiger partial charge >= 0.3 is 6.18 Å². The van der Waals surface area contributed by atoms with Crippen molar-refractivity contribution in [2.24, 2.45) is 0 Å². The molecule has 0 aliphatic heterocycles. The highest BCUT2D eigenvalue weighted by molar-refractivity contribution is 9.10. The molecule has 1 aromatic carbocycles. The van der Waals surface area contributed by atoms with Crippen LogP contribution < -0.4 is 0 Å². The minimum Gasteiger partial charge on any atom is -0.258 e. The van der Waals surface area contributed by atoms with Gasteiger partial charge in [-0.2, -0.15) is 13.2 Å². The number of nitro groups is 1. The van der Waals surface area contributed by atoms with E-state index in [-0.39, 0.29) is 0 Å². The Bertz CT molecular complexity index is 421. The van der Waals surface area contributed by atoms with Crippen LogP contribution in [0, 0.1) is 10.1 Å². The molecule has 0 heterocycles. The molecule has 15 heavy (non-hydrogen) atoms. The first-order chi connectivity index (χ1) is 6.73. The van der Waals surface area contributed by atoms with E-state index in [1.807, 2.05) is 0 Å². The topological polar surface area (TPSA) is 43.1 Å². The molecular formula is C7H2BrClF3NO2. The second kappa shape index (κ2) is 3.97. The van der Waals surface area contributed by atoms with Gasteiger partial charge in [-0.25, -0.2) is 0 Å². The van der Waals surface area contributed by atoms with Crippen LogP contribution in [-0.4, -0.2) is 4.92 Å². The normalized spacial score (nSPS) is 11.5. The Labute approximate surface area is 95.1 Å². The Kier molecular flexibility index (Phi) is 3.25. The van der Waals surface area contributed by atoms with E-state index in [0.717, 1.165) is 6.07 Å². The van der Waals surface area contributed by atoms with Crippen molar-refractivity contribution in [3.05, 3.63) is 37.3 Å². The van der Waals surface area contributed by atoms with Gasteiger partial charge in [-0.15, -0.1) is 0 Å². The van der Waals surface area contributed by atoms with E-state index in [2.05, 4.69) is 15.9 Å². The number of benzene rings is 1. The van der Waals surface area contributed by atoms with Gasteiger partial charge in [-0.1, -0.05) is 11.6 Å². The first kappa shape index (κ1) is 12.3. The van der Waals surface area contributed by atoms with Crippen molar-refractivity contribution >= 4 is 33.2 Å². The summed E-state index contributed by atoms with van der Waals surface area (Å²) in [7, 11) is 0. The molecule has 0 fully saturated rings. The Morgan fingerprint density at radius 1 is 1.40 bits per heavy atom. The zero-order valence-electron chi connectivity index (χ0n) is 6.81. The maximum Gasteiger partial charge on any atom is 0.417 e. The summed E-state index contributed by atoms with van der Waals surface area (Å²) in [5, 5.41) is 9.81. The lowest BCUT2D eigenvalue weighted by atomic mass is 10.2. The second-order valence-electron chi connectivity index (χ2n) is 2.54. The lowest BCUT2D eigenvalue weighted by Gasteiger charge is -2.09. The SMILES string of the molecule is O=[N+]([O-])c1cc(Br)c(C(F)(F)F)cc1Cl. The Hall–Kier alpha value is -0.820. The van der Waals surface area contributed by atoms with Crippen LogP contribution in [0.3, 0.4) is 0 Å². The quantitative estimate of drug-likeness (QED) is 0.581. The monoisotopic (exact) mass is 303 g/mol. The lowest BCUT2D eigenvalue weighted by molar-refractivity contribution is -0.384. The van der Waals surface area contributed by atoms with Crippen molar-refractivity contribution in [1.82, 2.24) is 0 Å². The summed E-state index contributed by atoms with van der Waals surface area (Å²) in [6.07, 6.45) is -4.60. The third-order valence-electron chi connectivity index (χ3n) is 1.54. The number of alkyl halides is 3. The third kappa shape index (κ3) is 2.60. The Morgan fingerprint density at radius 3 is 2.33 bits per heavy atom. The number of nitrogens with zero attached hydrogens (tertiary/aromatic N) is 1. The van der Waals surface area contributed by atoms with E-state index in [4.69, 9.17) is 11.6 Å². The molecule has 0 aliphatic rings. The van der Waals surface area contributed by atoms with E-state index >= 15 is 0 Å². The predicted octanol–water partition coefficient (Wildman–Crippen LogP) is 4.03. The van der Waals surface area contributed by atoms with Crippen molar-refractivity contribution in [3.63, 3.8) is 0 Å². The number of hydrogen-bond donors (Lipinski definition) is 0. The van der Waals surface area contributed by atoms with Gasteiger partial charge in [0.05, 0.1) is 10.5 Å². The summed E-state index contributed by atoms with van der Waals surface area (Å²) >= 11 is 7.94. The fraction of sp³-hybridized carbons (Fsp3) is 0.143. The van der Waals surface area contributed by atoms with Crippen LogP contribution in [0.4, 0.5) is 18.9 Å². The molecule has 0 N–H and O–H groups in total. The molecule has 1 aromatic rings. The van der Waals surface area contributed by atoms with Gasteiger partial charge in [0.15, 0.2) is 0 Å². The van der Waals surface area contributed by atoms with Crippen LogP contribution >= 0.6 is 27.5 Å².